The number of aromatic nitrogens is 1. The molecular formula is C26H23BrN2O3S. The fourth-order valence-electron chi connectivity index (χ4n) is 3.32. The molecule has 4 aromatic rings. The number of thiazole rings is 1. The molecule has 1 amide bonds. The summed E-state index contributed by atoms with van der Waals surface area (Å²) < 4.78 is 12.0. The Morgan fingerprint density at radius 2 is 1.70 bits per heavy atom. The SMILES string of the molecule is CCOc1ccc(-c2nc(NC(=O)COc3ccc(-c4ccccc4)cc3Br)sc2C)cc1. The second-order valence-electron chi connectivity index (χ2n) is 7.23. The molecule has 33 heavy (non-hydrogen) atoms. The number of nitrogens with zero attached hydrogens (tertiary/aromatic N) is 1. The topological polar surface area (TPSA) is 60.5 Å². The molecule has 1 aromatic heterocycles. The van der Waals surface area contributed by atoms with Gasteiger partial charge in [0.15, 0.2) is 11.7 Å². The third-order valence-electron chi connectivity index (χ3n) is 4.88. The molecular weight excluding hydrogens is 500 g/mol. The maximum atomic E-state index is 12.5. The van der Waals surface area contributed by atoms with Gasteiger partial charge >= 0.3 is 0 Å². The van der Waals surface area contributed by atoms with Crippen molar-refractivity contribution in [2.75, 3.05) is 18.5 Å². The largest absolute Gasteiger partial charge is 0.494 e. The first-order chi connectivity index (χ1) is 16.0. The summed E-state index contributed by atoms with van der Waals surface area (Å²) in [6.45, 7) is 4.46. The van der Waals surface area contributed by atoms with Crippen molar-refractivity contribution in [1.82, 2.24) is 4.98 Å². The molecule has 0 aliphatic heterocycles. The summed E-state index contributed by atoms with van der Waals surface area (Å²) in [4.78, 5) is 18.1. The Morgan fingerprint density at radius 3 is 2.39 bits per heavy atom. The van der Waals surface area contributed by atoms with Crippen molar-refractivity contribution in [3.63, 3.8) is 0 Å². The third-order valence-corrected chi connectivity index (χ3v) is 6.39. The van der Waals surface area contributed by atoms with Gasteiger partial charge < -0.3 is 9.47 Å². The Kier molecular flexibility index (Phi) is 7.42. The second kappa shape index (κ2) is 10.6. The van der Waals surface area contributed by atoms with Gasteiger partial charge in [0.05, 0.1) is 16.8 Å². The molecule has 0 atom stereocenters. The lowest BCUT2D eigenvalue weighted by atomic mass is 10.1. The Labute approximate surface area is 205 Å². The zero-order valence-corrected chi connectivity index (χ0v) is 20.7. The van der Waals surface area contributed by atoms with E-state index in [0.717, 1.165) is 37.5 Å². The molecule has 4 rings (SSSR count). The summed E-state index contributed by atoms with van der Waals surface area (Å²) in [6.07, 6.45) is 0. The molecule has 0 aliphatic rings. The molecule has 0 unspecified atom stereocenters. The highest BCUT2D eigenvalue weighted by atomic mass is 79.9. The highest BCUT2D eigenvalue weighted by molar-refractivity contribution is 9.10. The number of hydrogen-bond acceptors (Lipinski definition) is 5. The predicted octanol–water partition coefficient (Wildman–Crippen LogP) is 6.96. The number of anilines is 1. The number of carbonyl (C=O) groups is 1. The number of carbonyl (C=O) groups excluding carboxylic acids is 1. The lowest BCUT2D eigenvalue weighted by Crippen LogP contribution is -2.20. The molecule has 168 valence electrons. The van der Waals surface area contributed by atoms with Gasteiger partial charge in [-0.25, -0.2) is 4.98 Å². The number of halogens is 1. The van der Waals surface area contributed by atoms with Crippen LogP contribution in [0, 0.1) is 6.92 Å². The lowest BCUT2D eigenvalue weighted by Gasteiger charge is -2.10. The van der Waals surface area contributed by atoms with Gasteiger partial charge in [0.25, 0.3) is 5.91 Å². The van der Waals surface area contributed by atoms with Crippen LogP contribution < -0.4 is 14.8 Å². The lowest BCUT2D eigenvalue weighted by molar-refractivity contribution is -0.118. The Morgan fingerprint density at radius 1 is 0.970 bits per heavy atom. The van der Waals surface area contributed by atoms with Gasteiger partial charge in [0.1, 0.15) is 11.5 Å². The number of amides is 1. The monoisotopic (exact) mass is 522 g/mol. The van der Waals surface area contributed by atoms with Crippen LogP contribution in [0.3, 0.4) is 0 Å². The van der Waals surface area contributed by atoms with E-state index in [1.807, 2.05) is 86.6 Å². The molecule has 0 bridgehead atoms. The van der Waals surface area contributed by atoms with Crippen LogP contribution in [0.5, 0.6) is 11.5 Å². The maximum Gasteiger partial charge on any atom is 0.264 e. The molecule has 7 heteroatoms. The van der Waals surface area contributed by atoms with E-state index in [0.29, 0.717) is 17.5 Å². The Bertz CT molecular complexity index is 1240. The van der Waals surface area contributed by atoms with Crippen LogP contribution in [0.2, 0.25) is 0 Å². The minimum Gasteiger partial charge on any atom is -0.494 e. The van der Waals surface area contributed by atoms with Crippen LogP contribution in [0.1, 0.15) is 11.8 Å². The van der Waals surface area contributed by atoms with Crippen molar-refractivity contribution >= 4 is 38.3 Å². The molecule has 0 spiro atoms. The van der Waals surface area contributed by atoms with Crippen molar-refractivity contribution in [1.29, 1.82) is 0 Å². The Balaban J connectivity index is 1.37. The van der Waals surface area contributed by atoms with Gasteiger partial charge in [-0.2, -0.15) is 0 Å². The third kappa shape index (κ3) is 5.80. The highest BCUT2D eigenvalue weighted by Crippen LogP contribution is 2.32. The van der Waals surface area contributed by atoms with Crippen LogP contribution in [-0.2, 0) is 4.79 Å². The molecule has 1 N–H and O–H groups in total. The summed E-state index contributed by atoms with van der Waals surface area (Å²) in [7, 11) is 0. The highest BCUT2D eigenvalue weighted by Gasteiger charge is 2.13. The van der Waals surface area contributed by atoms with Crippen molar-refractivity contribution in [2.45, 2.75) is 13.8 Å². The van der Waals surface area contributed by atoms with Gasteiger partial charge in [-0.3, -0.25) is 10.1 Å². The average Bonchev–Trinajstić information content (AvgIpc) is 3.19. The standard InChI is InChI=1S/C26H23BrN2O3S/c1-3-31-21-12-9-19(10-13-21)25-17(2)33-26(29-25)28-24(30)16-32-23-14-11-20(15-22(23)27)18-7-5-4-6-8-18/h4-15H,3,16H2,1-2H3,(H,28,29,30). The summed E-state index contributed by atoms with van der Waals surface area (Å²) in [5, 5.41) is 3.38. The predicted molar refractivity (Wildman–Crippen MR) is 137 cm³/mol. The Hall–Kier alpha value is -3.16. The van der Waals surface area contributed by atoms with E-state index in [-0.39, 0.29) is 12.5 Å². The van der Waals surface area contributed by atoms with Crippen LogP contribution in [0.25, 0.3) is 22.4 Å². The van der Waals surface area contributed by atoms with Gasteiger partial charge in [-0.1, -0.05) is 36.4 Å². The number of rotatable bonds is 8. The zero-order chi connectivity index (χ0) is 23.2. The van der Waals surface area contributed by atoms with Gasteiger partial charge in [0, 0.05) is 10.4 Å². The molecule has 0 saturated heterocycles. The van der Waals surface area contributed by atoms with Crippen molar-refractivity contribution in [3.8, 4) is 33.9 Å². The first kappa shape index (κ1) is 23.0. The van der Waals surface area contributed by atoms with Crippen molar-refractivity contribution < 1.29 is 14.3 Å². The number of nitrogens with one attached hydrogen (secondary N) is 1. The first-order valence-electron chi connectivity index (χ1n) is 10.5. The average molecular weight is 523 g/mol. The van der Waals surface area contributed by atoms with Gasteiger partial charge in [-0.15, -0.1) is 11.3 Å². The van der Waals surface area contributed by atoms with Gasteiger partial charge in [-0.05, 0) is 77.3 Å². The second-order valence-corrected chi connectivity index (χ2v) is 9.29. The molecule has 0 fully saturated rings. The first-order valence-corrected chi connectivity index (χ1v) is 12.1. The number of aryl methyl sites for hydroxylation is 1. The van der Waals surface area contributed by atoms with Gasteiger partial charge in [0.2, 0.25) is 0 Å². The number of ether oxygens (including phenoxy) is 2. The zero-order valence-electron chi connectivity index (χ0n) is 18.3. The van der Waals surface area contributed by atoms with E-state index in [1.165, 1.54) is 11.3 Å². The van der Waals surface area contributed by atoms with E-state index < -0.39 is 0 Å². The summed E-state index contributed by atoms with van der Waals surface area (Å²) in [5.41, 5.74) is 4.01. The number of hydrogen-bond donors (Lipinski definition) is 1. The normalized spacial score (nSPS) is 10.6. The minimum atomic E-state index is -0.263. The summed E-state index contributed by atoms with van der Waals surface area (Å²) in [6, 6.07) is 23.7. The smallest absolute Gasteiger partial charge is 0.264 e. The fourth-order valence-corrected chi connectivity index (χ4v) is 4.67. The molecule has 3 aromatic carbocycles. The van der Waals surface area contributed by atoms with Crippen LogP contribution in [-0.4, -0.2) is 24.1 Å². The van der Waals surface area contributed by atoms with Crippen molar-refractivity contribution in [3.05, 3.63) is 82.1 Å². The quantitative estimate of drug-likeness (QED) is 0.271. The number of benzene rings is 3. The summed E-state index contributed by atoms with van der Waals surface area (Å²) in [5.74, 6) is 1.17. The fraction of sp³-hybridized carbons (Fsp3) is 0.154. The molecule has 0 radical (unpaired) electrons. The van der Waals surface area contributed by atoms with E-state index in [4.69, 9.17) is 9.47 Å². The molecule has 0 aliphatic carbocycles. The van der Waals surface area contributed by atoms with Crippen LogP contribution in [0.4, 0.5) is 5.13 Å². The van der Waals surface area contributed by atoms with E-state index in [1.54, 1.807) is 0 Å². The maximum absolute atomic E-state index is 12.5. The van der Waals surface area contributed by atoms with Crippen LogP contribution in [0.15, 0.2) is 77.3 Å². The molecule has 1 heterocycles. The molecule has 0 saturated carbocycles. The van der Waals surface area contributed by atoms with E-state index >= 15 is 0 Å². The summed E-state index contributed by atoms with van der Waals surface area (Å²) >= 11 is 4.98. The molecule has 5 nitrogen and oxygen atoms in total. The van der Waals surface area contributed by atoms with E-state index in [9.17, 15) is 4.79 Å². The van der Waals surface area contributed by atoms with Crippen molar-refractivity contribution in [2.24, 2.45) is 0 Å². The minimum absolute atomic E-state index is 0.111. The van der Waals surface area contributed by atoms with Crippen LogP contribution >= 0.6 is 27.3 Å². The van der Waals surface area contributed by atoms with E-state index in [2.05, 4.69) is 26.2 Å².